The normalized spacial score (nSPS) is 10.5. The van der Waals surface area contributed by atoms with E-state index in [-0.39, 0.29) is 13.2 Å². The monoisotopic (exact) mass is 384 g/mol. The lowest BCUT2D eigenvalue weighted by molar-refractivity contribution is -0.142. The highest BCUT2D eigenvalue weighted by Crippen LogP contribution is 2.23. The van der Waals surface area contributed by atoms with Crippen LogP contribution in [0.5, 0.6) is 5.75 Å². The predicted octanol–water partition coefficient (Wildman–Crippen LogP) is 2.33. The molecule has 0 saturated carbocycles. The molecule has 0 saturated heterocycles. The van der Waals surface area contributed by atoms with Gasteiger partial charge in [-0.3, -0.25) is 9.59 Å². The second kappa shape index (κ2) is 8.34. The number of anilines is 1. The first-order chi connectivity index (χ1) is 13.5. The molecule has 0 fully saturated rings. The zero-order chi connectivity index (χ0) is 20.1. The molecule has 144 valence electrons. The van der Waals surface area contributed by atoms with E-state index in [2.05, 4.69) is 10.1 Å². The minimum atomic E-state index is -0.542. The van der Waals surface area contributed by atoms with Gasteiger partial charge in [-0.2, -0.15) is 0 Å². The maximum atomic E-state index is 13.2. The molecule has 0 unspecified atom stereocenters. The Hall–Kier alpha value is -3.68. The van der Waals surface area contributed by atoms with Crippen LogP contribution in [0, 0.1) is 5.82 Å². The van der Waals surface area contributed by atoms with Crippen molar-refractivity contribution < 1.29 is 23.5 Å². The number of hydrogen-bond acceptors (Lipinski definition) is 5. The summed E-state index contributed by atoms with van der Waals surface area (Å²) < 4.78 is 24.4. The highest BCUT2D eigenvalue weighted by atomic mass is 19.1. The second-order valence-electron chi connectivity index (χ2n) is 5.89. The zero-order valence-electron chi connectivity index (χ0n) is 15.0. The van der Waals surface area contributed by atoms with Crippen LogP contribution in [0.25, 0.3) is 10.8 Å². The molecule has 28 heavy (non-hydrogen) atoms. The van der Waals surface area contributed by atoms with Crippen LogP contribution < -0.4 is 15.6 Å². The Kier molecular flexibility index (Phi) is 5.69. The SMILES string of the molecule is COC(=O)COc1cccc2c(=O)n(CC(=O)Nc3cccc(F)c3)ccc12. The number of ether oxygens (including phenoxy) is 2. The van der Waals surface area contributed by atoms with E-state index in [4.69, 9.17) is 4.74 Å². The lowest BCUT2D eigenvalue weighted by Gasteiger charge is -2.11. The third kappa shape index (κ3) is 4.35. The summed E-state index contributed by atoms with van der Waals surface area (Å²) in [6.07, 6.45) is 1.46. The van der Waals surface area contributed by atoms with Crippen LogP contribution in [0.15, 0.2) is 59.5 Å². The third-order valence-electron chi connectivity index (χ3n) is 3.97. The van der Waals surface area contributed by atoms with Crippen LogP contribution in [-0.4, -0.2) is 30.2 Å². The van der Waals surface area contributed by atoms with Crippen molar-refractivity contribution in [2.75, 3.05) is 19.0 Å². The van der Waals surface area contributed by atoms with Gasteiger partial charge in [-0.15, -0.1) is 0 Å². The van der Waals surface area contributed by atoms with E-state index in [0.29, 0.717) is 22.2 Å². The van der Waals surface area contributed by atoms with E-state index < -0.39 is 23.3 Å². The number of carbonyl (C=O) groups is 2. The fraction of sp³-hybridized carbons (Fsp3) is 0.150. The molecule has 7 nitrogen and oxygen atoms in total. The number of nitrogens with one attached hydrogen (secondary N) is 1. The maximum absolute atomic E-state index is 13.2. The van der Waals surface area contributed by atoms with Gasteiger partial charge in [0.15, 0.2) is 6.61 Å². The number of rotatable bonds is 6. The van der Waals surface area contributed by atoms with Crippen molar-refractivity contribution >= 4 is 28.3 Å². The summed E-state index contributed by atoms with van der Waals surface area (Å²) in [5.41, 5.74) is -0.0901. The number of fused-ring (bicyclic) bond motifs is 1. The quantitative estimate of drug-likeness (QED) is 0.659. The number of benzene rings is 2. The summed E-state index contributed by atoms with van der Waals surface area (Å²) in [7, 11) is 1.25. The van der Waals surface area contributed by atoms with Gasteiger partial charge >= 0.3 is 5.97 Å². The molecular formula is C20H17FN2O5. The maximum Gasteiger partial charge on any atom is 0.343 e. The van der Waals surface area contributed by atoms with E-state index in [9.17, 15) is 18.8 Å². The topological polar surface area (TPSA) is 86.6 Å². The molecule has 0 aliphatic carbocycles. The summed E-state index contributed by atoms with van der Waals surface area (Å²) in [5, 5.41) is 3.39. The van der Waals surface area contributed by atoms with Gasteiger partial charge < -0.3 is 19.4 Å². The van der Waals surface area contributed by atoms with Gasteiger partial charge in [0.05, 0.1) is 12.5 Å². The van der Waals surface area contributed by atoms with E-state index in [1.165, 1.54) is 36.1 Å². The molecule has 1 aromatic heterocycles. The second-order valence-corrected chi connectivity index (χ2v) is 5.89. The molecule has 1 amide bonds. The highest BCUT2D eigenvalue weighted by molar-refractivity contribution is 5.91. The van der Waals surface area contributed by atoms with E-state index in [1.54, 1.807) is 30.3 Å². The molecule has 0 aliphatic rings. The molecular weight excluding hydrogens is 367 g/mol. The van der Waals surface area contributed by atoms with E-state index in [0.717, 1.165) is 0 Å². The molecule has 1 N–H and O–H groups in total. The van der Waals surface area contributed by atoms with Crippen molar-refractivity contribution in [1.82, 2.24) is 4.57 Å². The van der Waals surface area contributed by atoms with Gasteiger partial charge in [0.1, 0.15) is 18.1 Å². The average Bonchev–Trinajstić information content (AvgIpc) is 2.68. The summed E-state index contributed by atoms with van der Waals surface area (Å²) >= 11 is 0. The number of amides is 1. The molecule has 0 spiro atoms. The lowest BCUT2D eigenvalue weighted by Crippen LogP contribution is -2.27. The number of esters is 1. The third-order valence-corrected chi connectivity index (χ3v) is 3.97. The van der Waals surface area contributed by atoms with Gasteiger partial charge in [0.25, 0.3) is 5.56 Å². The van der Waals surface area contributed by atoms with Crippen LogP contribution >= 0.6 is 0 Å². The van der Waals surface area contributed by atoms with Crippen LogP contribution in [0.3, 0.4) is 0 Å². The number of carbonyl (C=O) groups excluding carboxylic acids is 2. The minimum absolute atomic E-state index is 0.238. The number of nitrogens with zero attached hydrogens (tertiary/aromatic N) is 1. The smallest absolute Gasteiger partial charge is 0.343 e. The van der Waals surface area contributed by atoms with Crippen molar-refractivity contribution in [3.63, 3.8) is 0 Å². The van der Waals surface area contributed by atoms with Gasteiger partial charge in [0.2, 0.25) is 5.91 Å². The van der Waals surface area contributed by atoms with Gasteiger partial charge in [0, 0.05) is 17.3 Å². The summed E-state index contributed by atoms with van der Waals surface area (Å²) in [4.78, 5) is 36.1. The number of pyridine rings is 1. The van der Waals surface area contributed by atoms with Crippen molar-refractivity contribution in [3.8, 4) is 5.75 Å². The summed E-state index contributed by atoms with van der Waals surface area (Å²) in [5.74, 6) is -1.12. The molecule has 2 aromatic carbocycles. The predicted molar refractivity (Wildman–Crippen MR) is 101 cm³/mol. The van der Waals surface area contributed by atoms with Crippen molar-refractivity contribution in [3.05, 3.63) is 70.9 Å². The Morgan fingerprint density at radius 3 is 2.64 bits per heavy atom. The van der Waals surface area contributed by atoms with E-state index >= 15 is 0 Å². The van der Waals surface area contributed by atoms with Gasteiger partial charge in [-0.05, 0) is 36.4 Å². The first-order valence-corrected chi connectivity index (χ1v) is 8.35. The Bertz CT molecular complexity index is 1090. The molecule has 0 radical (unpaired) electrons. The van der Waals surface area contributed by atoms with Crippen LogP contribution in [0.2, 0.25) is 0 Å². The average molecular weight is 384 g/mol. The highest BCUT2D eigenvalue weighted by Gasteiger charge is 2.11. The first kappa shape index (κ1) is 19.1. The number of aromatic nitrogens is 1. The van der Waals surface area contributed by atoms with Crippen molar-refractivity contribution in [2.45, 2.75) is 6.54 Å². The fourth-order valence-electron chi connectivity index (χ4n) is 2.66. The minimum Gasteiger partial charge on any atom is -0.481 e. The Morgan fingerprint density at radius 1 is 1.11 bits per heavy atom. The lowest BCUT2D eigenvalue weighted by atomic mass is 10.1. The standard InChI is InChI=1S/C20H17FN2O5/c1-27-19(25)12-28-17-7-3-6-16-15(17)8-9-23(20(16)26)11-18(24)22-14-5-2-4-13(21)10-14/h2-10H,11-12H2,1H3,(H,22,24). The Labute approximate surface area is 159 Å². The van der Waals surface area contributed by atoms with Crippen molar-refractivity contribution in [1.29, 1.82) is 0 Å². The Morgan fingerprint density at radius 2 is 1.89 bits per heavy atom. The number of methoxy groups -OCH3 is 1. The van der Waals surface area contributed by atoms with Crippen LogP contribution in [0.4, 0.5) is 10.1 Å². The fourth-order valence-corrected chi connectivity index (χ4v) is 2.66. The first-order valence-electron chi connectivity index (χ1n) is 8.35. The summed E-state index contributed by atoms with van der Waals surface area (Å²) in [6.45, 7) is -0.521. The zero-order valence-corrected chi connectivity index (χ0v) is 15.0. The Balaban J connectivity index is 1.81. The van der Waals surface area contributed by atoms with Gasteiger partial charge in [-0.25, -0.2) is 9.18 Å². The number of hydrogen-bond donors (Lipinski definition) is 1. The van der Waals surface area contributed by atoms with E-state index in [1.807, 2.05) is 0 Å². The summed E-state index contributed by atoms with van der Waals surface area (Å²) in [6, 6.07) is 12.0. The molecule has 3 aromatic rings. The molecule has 0 atom stereocenters. The molecule has 0 bridgehead atoms. The van der Waals surface area contributed by atoms with Crippen LogP contribution in [-0.2, 0) is 20.9 Å². The van der Waals surface area contributed by atoms with Crippen LogP contribution in [0.1, 0.15) is 0 Å². The molecule has 8 heteroatoms. The van der Waals surface area contributed by atoms with Gasteiger partial charge in [-0.1, -0.05) is 12.1 Å². The molecule has 3 rings (SSSR count). The molecule has 0 aliphatic heterocycles. The van der Waals surface area contributed by atoms with Crippen molar-refractivity contribution in [2.24, 2.45) is 0 Å². The largest absolute Gasteiger partial charge is 0.481 e. The number of halogens is 1. The molecule has 1 heterocycles.